The standard InChI is InChI=1S/C27H27Br2NO5/c1-15(2)21-14-20(10-16(3)25(21)32)35-26-22(28)11-18(12-23(26)29)13-24(31)30(17(4)27(33)34)19-8-6-5-7-9-19/h5-12,14-15,17,32H,13H2,1-4H3,(H,33,34)/t17-/m0/s1. The Bertz CT molecular complexity index is 1220. The van der Waals surface area contributed by atoms with Crippen LogP contribution >= 0.6 is 31.9 Å². The van der Waals surface area contributed by atoms with Crippen molar-refractivity contribution in [2.75, 3.05) is 4.90 Å². The number of para-hydroxylation sites is 1. The molecule has 0 spiro atoms. The number of aliphatic carboxylic acids is 1. The van der Waals surface area contributed by atoms with Crippen molar-refractivity contribution < 1.29 is 24.5 Å². The van der Waals surface area contributed by atoms with Gasteiger partial charge in [0.25, 0.3) is 0 Å². The highest BCUT2D eigenvalue weighted by Crippen LogP contribution is 2.40. The number of anilines is 1. The van der Waals surface area contributed by atoms with Gasteiger partial charge in [-0.25, -0.2) is 4.79 Å². The van der Waals surface area contributed by atoms with Crippen molar-refractivity contribution in [3.8, 4) is 17.2 Å². The monoisotopic (exact) mass is 603 g/mol. The summed E-state index contributed by atoms with van der Waals surface area (Å²) in [4.78, 5) is 26.2. The molecule has 35 heavy (non-hydrogen) atoms. The molecule has 6 nitrogen and oxygen atoms in total. The van der Waals surface area contributed by atoms with Crippen molar-refractivity contribution in [3.63, 3.8) is 0 Å². The summed E-state index contributed by atoms with van der Waals surface area (Å²) >= 11 is 7.07. The molecule has 0 aliphatic carbocycles. The molecule has 0 radical (unpaired) electrons. The first-order valence-electron chi connectivity index (χ1n) is 11.1. The molecule has 3 rings (SSSR count). The summed E-state index contributed by atoms with van der Waals surface area (Å²) in [7, 11) is 0. The Morgan fingerprint density at radius 3 is 2.14 bits per heavy atom. The molecule has 8 heteroatoms. The number of aryl methyl sites for hydroxylation is 1. The highest BCUT2D eigenvalue weighted by Gasteiger charge is 2.27. The second-order valence-corrected chi connectivity index (χ2v) is 10.3. The zero-order chi connectivity index (χ0) is 25.9. The van der Waals surface area contributed by atoms with Crippen molar-refractivity contribution >= 4 is 49.4 Å². The van der Waals surface area contributed by atoms with Crippen molar-refractivity contribution in [1.82, 2.24) is 0 Å². The maximum absolute atomic E-state index is 13.2. The number of carbonyl (C=O) groups excluding carboxylic acids is 1. The Morgan fingerprint density at radius 2 is 1.60 bits per heavy atom. The largest absolute Gasteiger partial charge is 0.507 e. The van der Waals surface area contributed by atoms with Gasteiger partial charge < -0.3 is 14.9 Å². The van der Waals surface area contributed by atoms with Crippen LogP contribution in [0.15, 0.2) is 63.5 Å². The SMILES string of the molecule is Cc1cc(Oc2c(Br)cc(CC(=O)N(c3ccccc3)[C@@H](C)C(=O)O)cc2Br)cc(C(C)C)c1O. The summed E-state index contributed by atoms with van der Waals surface area (Å²) in [5.41, 5.74) is 2.72. The lowest BCUT2D eigenvalue weighted by molar-refractivity contribution is -0.139. The summed E-state index contributed by atoms with van der Waals surface area (Å²) < 4.78 is 7.39. The van der Waals surface area contributed by atoms with Gasteiger partial charge in [-0.15, -0.1) is 0 Å². The lowest BCUT2D eigenvalue weighted by atomic mass is 9.99. The molecule has 0 aliphatic heterocycles. The number of phenols is 1. The van der Waals surface area contributed by atoms with Crippen LogP contribution < -0.4 is 9.64 Å². The van der Waals surface area contributed by atoms with E-state index in [1.165, 1.54) is 11.8 Å². The fourth-order valence-electron chi connectivity index (χ4n) is 3.74. The Labute approximate surface area is 221 Å². The molecule has 1 amide bonds. The Kier molecular flexibility index (Phi) is 8.61. The van der Waals surface area contributed by atoms with Gasteiger partial charge in [-0.1, -0.05) is 32.0 Å². The maximum Gasteiger partial charge on any atom is 0.326 e. The molecule has 2 N–H and O–H groups in total. The summed E-state index contributed by atoms with van der Waals surface area (Å²) in [5, 5.41) is 19.9. The second-order valence-electron chi connectivity index (χ2n) is 8.61. The first-order chi connectivity index (χ1) is 16.5. The third-order valence-electron chi connectivity index (χ3n) is 5.61. The first-order valence-corrected chi connectivity index (χ1v) is 12.7. The van der Waals surface area contributed by atoms with Crippen molar-refractivity contribution in [1.29, 1.82) is 0 Å². The molecule has 0 aliphatic rings. The van der Waals surface area contributed by atoms with E-state index >= 15 is 0 Å². The van der Waals surface area contributed by atoms with Crippen LogP contribution in [0.5, 0.6) is 17.2 Å². The average Bonchev–Trinajstić information content (AvgIpc) is 2.79. The molecule has 0 fully saturated rings. The summed E-state index contributed by atoms with van der Waals surface area (Å²) in [6.45, 7) is 7.31. The normalized spacial score (nSPS) is 11.9. The first kappa shape index (κ1) is 26.8. The van der Waals surface area contributed by atoms with Crippen LogP contribution in [0.1, 0.15) is 43.4 Å². The van der Waals surface area contributed by atoms with Gasteiger partial charge in [0, 0.05) is 11.3 Å². The number of phenolic OH excluding ortho intramolecular Hbond substituents is 1. The lowest BCUT2D eigenvalue weighted by Gasteiger charge is -2.27. The molecular formula is C27H27Br2NO5. The molecule has 0 saturated carbocycles. The fraction of sp³-hybridized carbons (Fsp3) is 0.259. The molecule has 0 bridgehead atoms. The highest BCUT2D eigenvalue weighted by molar-refractivity contribution is 9.11. The van der Waals surface area contributed by atoms with Gasteiger partial charge in [0.2, 0.25) is 5.91 Å². The van der Waals surface area contributed by atoms with Gasteiger partial charge in [-0.05, 0) is 99.2 Å². The number of hydrogen-bond acceptors (Lipinski definition) is 4. The van der Waals surface area contributed by atoms with Crippen LogP contribution in [-0.2, 0) is 16.0 Å². The van der Waals surface area contributed by atoms with E-state index in [1.54, 1.807) is 42.5 Å². The van der Waals surface area contributed by atoms with E-state index < -0.39 is 12.0 Å². The predicted molar refractivity (Wildman–Crippen MR) is 144 cm³/mol. The van der Waals surface area contributed by atoms with Crippen LogP contribution in [0, 0.1) is 6.92 Å². The summed E-state index contributed by atoms with van der Waals surface area (Å²) in [6.07, 6.45) is -0.000189. The van der Waals surface area contributed by atoms with E-state index in [4.69, 9.17) is 4.74 Å². The van der Waals surface area contributed by atoms with E-state index in [0.29, 0.717) is 37.3 Å². The summed E-state index contributed by atoms with van der Waals surface area (Å²) in [6, 6.07) is 14.9. The number of ether oxygens (including phenoxy) is 1. The van der Waals surface area contributed by atoms with Crippen LogP contribution in [0.4, 0.5) is 5.69 Å². The number of halogens is 2. The molecule has 0 unspecified atom stereocenters. The van der Waals surface area contributed by atoms with Crippen molar-refractivity contribution in [3.05, 3.63) is 80.2 Å². The zero-order valence-electron chi connectivity index (χ0n) is 19.9. The van der Waals surface area contributed by atoms with Crippen LogP contribution in [0.2, 0.25) is 0 Å². The van der Waals surface area contributed by atoms with Gasteiger partial charge in [-0.3, -0.25) is 9.69 Å². The van der Waals surface area contributed by atoms with E-state index in [1.807, 2.05) is 32.9 Å². The molecule has 0 aromatic heterocycles. The molecule has 0 heterocycles. The number of carboxylic acids is 1. The molecule has 3 aromatic carbocycles. The van der Waals surface area contributed by atoms with Gasteiger partial charge in [-0.2, -0.15) is 0 Å². The minimum Gasteiger partial charge on any atom is -0.507 e. The minimum absolute atomic E-state index is 0.000189. The number of rotatable bonds is 8. The van der Waals surface area contributed by atoms with Gasteiger partial charge in [0.1, 0.15) is 17.5 Å². The van der Waals surface area contributed by atoms with Crippen molar-refractivity contribution in [2.24, 2.45) is 0 Å². The number of carbonyl (C=O) groups is 2. The maximum atomic E-state index is 13.2. The number of nitrogens with zero attached hydrogens (tertiary/aromatic N) is 1. The van der Waals surface area contributed by atoms with Crippen LogP contribution in [0.3, 0.4) is 0 Å². The highest BCUT2D eigenvalue weighted by atomic mass is 79.9. The Hall–Kier alpha value is -2.84. The molecule has 184 valence electrons. The Balaban J connectivity index is 1.88. The van der Waals surface area contributed by atoms with E-state index in [9.17, 15) is 19.8 Å². The fourth-order valence-corrected chi connectivity index (χ4v) is 5.19. The lowest BCUT2D eigenvalue weighted by Crippen LogP contribution is -2.44. The number of carboxylic acid groups (broad SMARTS) is 1. The van der Waals surface area contributed by atoms with Gasteiger partial charge >= 0.3 is 5.97 Å². The van der Waals surface area contributed by atoms with E-state index in [0.717, 1.165) is 5.56 Å². The van der Waals surface area contributed by atoms with Gasteiger partial charge in [0.05, 0.1) is 15.4 Å². The number of amides is 1. The summed E-state index contributed by atoms with van der Waals surface area (Å²) in [5.74, 6) is 0.0725. The second kappa shape index (κ2) is 11.3. The molecule has 3 aromatic rings. The smallest absolute Gasteiger partial charge is 0.326 e. The topological polar surface area (TPSA) is 87.1 Å². The zero-order valence-corrected chi connectivity index (χ0v) is 23.1. The van der Waals surface area contributed by atoms with Crippen molar-refractivity contribution in [2.45, 2.75) is 46.1 Å². The predicted octanol–water partition coefficient (Wildman–Crippen LogP) is 7.19. The molecular weight excluding hydrogens is 578 g/mol. The quantitative estimate of drug-likeness (QED) is 0.284. The van der Waals surface area contributed by atoms with Crippen LogP contribution in [0.25, 0.3) is 0 Å². The third kappa shape index (κ3) is 6.24. The van der Waals surface area contributed by atoms with Gasteiger partial charge in [0.15, 0.2) is 5.75 Å². The average molecular weight is 605 g/mol. The van der Waals surface area contributed by atoms with E-state index in [-0.39, 0.29) is 24.0 Å². The molecule has 1 atom stereocenters. The number of aromatic hydroxyl groups is 1. The van der Waals surface area contributed by atoms with Crippen LogP contribution in [-0.4, -0.2) is 28.1 Å². The number of hydrogen-bond donors (Lipinski definition) is 2. The Morgan fingerprint density at radius 1 is 1.00 bits per heavy atom. The molecule has 0 saturated heterocycles. The number of benzene rings is 3. The third-order valence-corrected chi connectivity index (χ3v) is 6.78. The van der Waals surface area contributed by atoms with E-state index in [2.05, 4.69) is 31.9 Å². The minimum atomic E-state index is -1.08.